The highest BCUT2D eigenvalue weighted by atomic mass is 16.4. The van der Waals surface area contributed by atoms with Crippen LogP contribution in [-0.4, -0.2) is 22.0 Å². The topological polar surface area (TPSA) is 79.3 Å². The monoisotopic (exact) mass is 220 g/mol. The Labute approximate surface area is 92.5 Å². The maximum atomic E-state index is 11.3. The van der Waals surface area contributed by atoms with Gasteiger partial charge >= 0.3 is 5.97 Å². The number of hydrogen-bond acceptors (Lipinski definition) is 3. The summed E-state index contributed by atoms with van der Waals surface area (Å²) in [6.45, 7) is 0. The van der Waals surface area contributed by atoms with Gasteiger partial charge in [0.25, 0.3) is 0 Å². The van der Waals surface area contributed by atoms with Gasteiger partial charge in [-0.2, -0.15) is 0 Å². The molecule has 1 aliphatic heterocycles. The van der Waals surface area contributed by atoms with Gasteiger partial charge in [-0.3, -0.25) is 14.6 Å². The van der Waals surface area contributed by atoms with E-state index in [1.807, 2.05) is 0 Å². The molecular weight excluding hydrogens is 208 g/mol. The summed E-state index contributed by atoms with van der Waals surface area (Å²) in [7, 11) is 0. The highest BCUT2D eigenvalue weighted by Crippen LogP contribution is 2.32. The molecule has 5 nitrogen and oxygen atoms in total. The van der Waals surface area contributed by atoms with Crippen LogP contribution in [0.25, 0.3) is 0 Å². The molecule has 0 unspecified atom stereocenters. The fourth-order valence-corrected chi connectivity index (χ4v) is 2.05. The molecule has 0 aliphatic carbocycles. The van der Waals surface area contributed by atoms with Gasteiger partial charge < -0.3 is 10.4 Å². The second-order valence-corrected chi connectivity index (χ2v) is 3.89. The predicted octanol–water partition coefficient (Wildman–Crippen LogP) is 0.733. The minimum Gasteiger partial charge on any atom is -0.481 e. The van der Waals surface area contributed by atoms with Crippen LogP contribution in [0.4, 0.5) is 0 Å². The van der Waals surface area contributed by atoms with Gasteiger partial charge in [-0.1, -0.05) is 0 Å². The van der Waals surface area contributed by atoms with E-state index < -0.39 is 5.97 Å². The number of nitrogens with one attached hydrogen (secondary N) is 1. The minimum atomic E-state index is -0.874. The van der Waals surface area contributed by atoms with E-state index >= 15 is 0 Å². The summed E-state index contributed by atoms with van der Waals surface area (Å²) < 4.78 is 0. The zero-order chi connectivity index (χ0) is 11.5. The molecule has 1 amide bonds. The second kappa shape index (κ2) is 4.30. The van der Waals surface area contributed by atoms with Crippen molar-refractivity contribution in [2.45, 2.75) is 18.9 Å². The summed E-state index contributed by atoms with van der Waals surface area (Å²) in [6.07, 6.45) is 3.56. The lowest BCUT2D eigenvalue weighted by molar-refractivity contribution is -0.138. The molecule has 0 saturated carbocycles. The molecule has 2 atom stereocenters. The van der Waals surface area contributed by atoms with Crippen molar-refractivity contribution in [3.05, 3.63) is 30.1 Å². The van der Waals surface area contributed by atoms with E-state index in [1.165, 1.54) is 0 Å². The maximum Gasteiger partial charge on any atom is 0.303 e. The van der Waals surface area contributed by atoms with E-state index in [4.69, 9.17) is 5.11 Å². The van der Waals surface area contributed by atoms with Crippen LogP contribution in [0, 0.1) is 5.92 Å². The quantitative estimate of drug-likeness (QED) is 0.787. The van der Waals surface area contributed by atoms with Gasteiger partial charge in [0.1, 0.15) is 0 Å². The number of aromatic nitrogens is 1. The first-order valence-electron chi connectivity index (χ1n) is 5.08. The summed E-state index contributed by atoms with van der Waals surface area (Å²) in [6, 6.07) is 3.39. The molecule has 0 radical (unpaired) electrons. The van der Waals surface area contributed by atoms with E-state index in [2.05, 4.69) is 10.3 Å². The Balaban J connectivity index is 2.19. The molecule has 2 rings (SSSR count). The lowest BCUT2D eigenvalue weighted by Crippen LogP contribution is -2.21. The van der Waals surface area contributed by atoms with Gasteiger partial charge in [0.2, 0.25) is 5.91 Å². The van der Waals surface area contributed by atoms with Crippen molar-refractivity contribution in [2.24, 2.45) is 5.92 Å². The Morgan fingerprint density at radius 3 is 2.81 bits per heavy atom. The Morgan fingerprint density at radius 1 is 1.50 bits per heavy atom. The van der Waals surface area contributed by atoms with Crippen LogP contribution in [0.15, 0.2) is 24.5 Å². The SMILES string of the molecule is O=C(O)C[C@H]1CC(=O)N[C@@H]1c1ccncc1. The number of hydrogen-bond donors (Lipinski definition) is 2. The highest BCUT2D eigenvalue weighted by molar-refractivity contribution is 5.80. The number of carboxylic acids is 1. The summed E-state index contributed by atoms with van der Waals surface area (Å²) in [5.74, 6) is -1.14. The Kier molecular flexibility index (Phi) is 2.85. The molecular formula is C11H12N2O3. The fraction of sp³-hybridized carbons (Fsp3) is 0.364. The van der Waals surface area contributed by atoms with Crippen LogP contribution in [0.3, 0.4) is 0 Å². The van der Waals surface area contributed by atoms with E-state index in [1.54, 1.807) is 24.5 Å². The van der Waals surface area contributed by atoms with Crippen LogP contribution < -0.4 is 5.32 Å². The van der Waals surface area contributed by atoms with Crippen molar-refractivity contribution in [3.8, 4) is 0 Å². The molecule has 1 aliphatic rings. The average molecular weight is 220 g/mol. The zero-order valence-corrected chi connectivity index (χ0v) is 8.59. The molecule has 1 aromatic rings. The number of amides is 1. The van der Waals surface area contributed by atoms with Crippen molar-refractivity contribution < 1.29 is 14.7 Å². The van der Waals surface area contributed by atoms with E-state index in [0.29, 0.717) is 0 Å². The van der Waals surface area contributed by atoms with Crippen molar-refractivity contribution in [3.63, 3.8) is 0 Å². The summed E-state index contributed by atoms with van der Waals surface area (Å²) in [5.41, 5.74) is 0.909. The van der Waals surface area contributed by atoms with Crippen molar-refractivity contribution >= 4 is 11.9 Å². The molecule has 1 fully saturated rings. The maximum absolute atomic E-state index is 11.3. The second-order valence-electron chi connectivity index (χ2n) is 3.89. The number of aliphatic carboxylic acids is 1. The number of carbonyl (C=O) groups excluding carboxylic acids is 1. The van der Waals surface area contributed by atoms with Crippen LogP contribution in [0.1, 0.15) is 24.4 Å². The van der Waals surface area contributed by atoms with Gasteiger partial charge in [-0.15, -0.1) is 0 Å². The molecule has 16 heavy (non-hydrogen) atoms. The van der Waals surface area contributed by atoms with Gasteiger partial charge in [-0.05, 0) is 17.7 Å². The molecule has 1 saturated heterocycles. The molecule has 5 heteroatoms. The molecule has 84 valence electrons. The third-order valence-electron chi connectivity index (χ3n) is 2.74. The van der Waals surface area contributed by atoms with Crippen LogP contribution in [0.5, 0.6) is 0 Å². The van der Waals surface area contributed by atoms with E-state index in [0.717, 1.165) is 5.56 Å². The standard InChI is InChI=1S/C11H12N2O3/c14-9-5-8(6-10(15)16)11(13-9)7-1-3-12-4-2-7/h1-4,8,11H,5-6H2,(H,13,14)(H,15,16)/t8-,11-/m1/s1. The molecule has 0 spiro atoms. The summed E-state index contributed by atoms with van der Waals surface area (Å²) in [5, 5.41) is 11.6. The number of carbonyl (C=O) groups is 2. The van der Waals surface area contributed by atoms with Crippen molar-refractivity contribution in [1.82, 2.24) is 10.3 Å². The van der Waals surface area contributed by atoms with Gasteiger partial charge in [0, 0.05) is 24.7 Å². The van der Waals surface area contributed by atoms with Crippen molar-refractivity contribution in [2.75, 3.05) is 0 Å². The summed E-state index contributed by atoms with van der Waals surface area (Å²) in [4.78, 5) is 25.9. The zero-order valence-electron chi connectivity index (χ0n) is 8.59. The lowest BCUT2D eigenvalue weighted by Gasteiger charge is -2.17. The van der Waals surface area contributed by atoms with Crippen LogP contribution in [-0.2, 0) is 9.59 Å². The molecule has 0 bridgehead atoms. The Hall–Kier alpha value is -1.91. The predicted molar refractivity (Wildman–Crippen MR) is 55.5 cm³/mol. The molecule has 2 N–H and O–H groups in total. The van der Waals surface area contributed by atoms with Gasteiger partial charge in [0.15, 0.2) is 0 Å². The van der Waals surface area contributed by atoms with E-state index in [9.17, 15) is 9.59 Å². The fourth-order valence-electron chi connectivity index (χ4n) is 2.05. The van der Waals surface area contributed by atoms with E-state index in [-0.39, 0.29) is 30.7 Å². The summed E-state index contributed by atoms with van der Waals surface area (Å²) >= 11 is 0. The first-order chi connectivity index (χ1) is 7.66. The van der Waals surface area contributed by atoms with Crippen molar-refractivity contribution in [1.29, 1.82) is 0 Å². The lowest BCUT2D eigenvalue weighted by atomic mass is 9.92. The normalized spacial score (nSPS) is 24.1. The van der Waals surface area contributed by atoms with Crippen LogP contribution >= 0.6 is 0 Å². The highest BCUT2D eigenvalue weighted by Gasteiger charge is 2.34. The smallest absolute Gasteiger partial charge is 0.303 e. The Morgan fingerprint density at radius 2 is 2.19 bits per heavy atom. The molecule has 2 heterocycles. The molecule has 0 aromatic carbocycles. The minimum absolute atomic E-state index is 0.00568. The Bertz CT molecular complexity index is 405. The number of rotatable bonds is 3. The largest absolute Gasteiger partial charge is 0.481 e. The number of pyridine rings is 1. The number of carboxylic acid groups (broad SMARTS) is 1. The third-order valence-corrected chi connectivity index (χ3v) is 2.74. The van der Waals surface area contributed by atoms with Crippen LogP contribution in [0.2, 0.25) is 0 Å². The number of nitrogens with zero attached hydrogens (tertiary/aromatic N) is 1. The molecule has 1 aromatic heterocycles. The third kappa shape index (κ3) is 2.18. The first kappa shape index (κ1) is 10.6. The van der Waals surface area contributed by atoms with Gasteiger partial charge in [0.05, 0.1) is 12.5 Å². The van der Waals surface area contributed by atoms with Gasteiger partial charge in [-0.25, -0.2) is 0 Å². The average Bonchev–Trinajstić information content (AvgIpc) is 2.60. The first-order valence-corrected chi connectivity index (χ1v) is 5.08.